The third kappa shape index (κ3) is 10.3. The summed E-state index contributed by atoms with van der Waals surface area (Å²) in [6.07, 6.45) is 0. The van der Waals surface area contributed by atoms with Crippen molar-refractivity contribution in [3.63, 3.8) is 0 Å². The van der Waals surface area contributed by atoms with Crippen LogP contribution in [0.3, 0.4) is 0 Å². The maximum absolute atomic E-state index is 21.0. The van der Waals surface area contributed by atoms with Gasteiger partial charge < -0.3 is 24.5 Å². The number of aryl methyl sites for hydroxylation is 1. The van der Waals surface area contributed by atoms with Gasteiger partial charge in [0.15, 0.2) is 5.82 Å². The van der Waals surface area contributed by atoms with Gasteiger partial charge in [-0.1, -0.05) is 230 Å². The van der Waals surface area contributed by atoms with Crippen LogP contribution < -0.4 is 57.3 Å². The number of anilines is 15. The van der Waals surface area contributed by atoms with E-state index in [0.717, 1.165) is 44.8 Å². The molecular formula is C91H56B2F7N5S. The Hall–Kier alpha value is -12.7. The van der Waals surface area contributed by atoms with Gasteiger partial charge in [0.05, 0.1) is 17.1 Å². The number of nitrogens with zero attached hydrogens (tertiary/aromatic N) is 5. The Morgan fingerprint density at radius 3 is 1.30 bits per heavy atom. The summed E-state index contributed by atoms with van der Waals surface area (Å²) in [7, 11) is 0. The largest absolute Gasteiger partial charge is 0.310 e. The Kier molecular flexibility index (Phi) is 15.5. The molecule has 0 aliphatic carbocycles. The molecule has 0 bridgehead atoms. The van der Waals surface area contributed by atoms with Crippen LogP contribution in [0.25, 0.3) is 33.4 Å². The predicted octanol–water partition coefficient (Wildman–Crippen LogP) is 21.8. The fourth-order valence-corrected chi connectivity index (χ4v) is 17.6. The lowest BCUT2D eigenvalue weighted by Gasteiger charge is -2.46. The first-order chi connectivity index (χ1) is 51.9. The van der Waals surface area contributed by atoms with Crippen LogP contribution in [-0.4, -0.2) is 13.4 Å². The van der Waals surface area contributed by atoms with E-state index in [4.69, 9.17) is 0 Å². The van der Waals surface area contributed by atoms with E-state index in [2.05, 4.69) is 77.7 Å². The van der Waals surface area contributed by atoms with Gasteiger partial charge in [-0.3, -0.25) is 0 Å². The van der Waals surface area contributed by atoms with Gasteiger partial charge in [-0.2, -0.15) is 0 Å². The molecule has 106 heavy (non-hydrogen) atoms. The van der Waals surface area contributed by atoms with E-state index in [-0.39, 0.29) is 27.6 Å². The van der Waals surface area contributed by atoms with Gasteiger partial charge in [0, 0.05) is 66.5 Å². The molecule has 4 aliphatic heterocycles. The summed E-state index contributed by atoms with van der Waals surface area (Å²) in [4.78, 5) is 9.57. The van der Waals surface area contributed by atoms with E-state index in [1.807, 2.05) is 151 Å². The van der Waals surface area contributed by atoms with Crippen molar-refractivity contribution in [3.05, 3.63) is 368 Å². The first-order valence-electron chi connectivity index (χ1n) is 34.9. The Morgan fingerprint density at radius 1 is 0.283 bits per heavy atom. The Morgan fingerprint density at radius 2 is 0.717 bits per heavy atom. The SMILES string of the molecule is Cc1cccc(-c2ccccc2)c1N1c2cc(N(c3ccccc3)c3c(F)cccc3F)cc3c2B(c2ccccc2N3c2c(F)cccc2F)c2cc3c(c(F)c21)Sc1cc(N(c2ccc(-c4ccccc4)cc2)c2cccc(-c4ccccc4)c2)cc2c1B3c1ccccc1N2c1c(F)cccc1F. The molecule has 0 unspecified atom stereocenters. The molecule has 0 fully saturated rings. The molecule has 0 radical (unpaired) electrons. The average molecular weight is 1410 g/mol. The van der Waals surface area contributed by atoms with Crippen LogP contribution in [0.1, 0.15) is 5.56 Å². The van der Waals surface area contributed by atoms with Crippen molar-refractivity contribution in [2.24, 2.45) is 0 Å². The lowest BCUT2D eigenvalue weighted by atomic mass is 9.31. The van der Waals surface area contributed by atoms with Gasteiger partial charge >= 0.3 is 0 Å². The van der Waals surface area contributed by atoms with Gasteiger partial charge in [0.25, 0.3) is 6.71 Å². The highest BCUT2D eigenvalue weighted by Gasteiger charge is 2.51. The van der Waals surface area contributed by atoms with Crippen molar-refractivity contribution in [2.75, 3.05) is 24.5 Å². The molecule has 15 heteroatoms. The molecule has 0 amide bonds. The summed E-state index contributed by atoms with van der Waals surface area (Å²) in [5.41, 5.74) is 13.7. The van der Waals surface area contributed by atoms with Gasteiger partial charge in [-0.05, 0) is 177 Å². The number of benzene rings is 15. The maximum atomic E-state index is 21.0. The van der Waals surface area contributed by atoms with Crippen molar-refractivity contribution >= 4 is 143 Å². The van der Waals surface area contributed by atoms with Crippen molar-refractivity contribution in [2.45, 2.75) is 16.7 Å². The first-order valence-corrected chi connectivity index (χ1v) is 35.7. The second-order valence-corrected chi connectivity index (χ2v) is 27.8. The van der Waals surface area contributed by atoms with E-state index >= 15 is 30.7 Å². The standard InChI is InChI=1S/C91H56B2F7N5S/c1-55-23-18-34-66(59-28-10-4-11-29-59)86(55)105-80-51-64(102(61-31-12-5-13-32-61)88-71(94)37-20-38-72(88)95)50-79-83(80)92(67-35-14-16-43-77(67)103(79)89-73(96)39-21-40-74(89)97)69-54-70-91(85(100)87(69)105)106-82-53-65(52-81-84(82)93(70)68-36-15-17-44-78(68)104(81)90-75(98)41-22-42-76(90)99)101(62-47-45-58(46-48-62)56-24-6-2-7-25-56)63-33-19-30-60(49-63)57-26-8-3-9-27-57/h2-54H,1H3. The summed E-state index contributed by atoms with van der Waals surface area (Å²) in [5, 5.41) is 0. The van der Waals surface area contributed by atoms with Gasteiger partial charge in [0.2, 0.25) is 6.71 Å². The molecule has 0 spiro atoms. The zero-order valence-corrected chi connectivity index (χ0v) is 57.4. The Bertz CT molecular complexity index is 6000. The molecule has 15 aromatic carbocycles. The normalized spacial score (nSPS) is 12.8. The Balaban J connectivity index is 0.924. The van der Waals surface area contributed by atoms with Crippen molar-refractivity contribution in [1.82, 2.24) is 0 Å². The predicted molar refractivity (Wildman–Crippen MR) is 420 cm³/mol. The fraction of sp³-hybridized carbons (Fsp3) is 0.0110. The van der Waals surface area contributed by atoms with Gasteiger partial charge in [-0.15, -0.1) is 0 Å². The van der Waals surface area contributed by atoms with E-state index in [1.54, 1.807) is 59.5 Å². The van der Waals surface area contributed by atoms with E-state index in [9.17, 15) is 0 Å². The monoisotopic (exact) mass is 1410 g/mol. The summed E-state index contributed by atoms with van der Waals surface area (Å²) in [6.45, 7) is 0.233. The van der Waals surface area contributed by atoms with Gasteiger partial charge in [0.1, 0.15) is 52.0 Å². The fourth-order valence-electron chi connectivity index (χ4n) is 16.4. The third-order valence-electron chi connectivity index (χ3n) is 20.8. The number of para-hydroxylation sites is 7. The highest BCUT2D eigenvalue weighted by Crippen LogP contribution is 2.55. The molecule has 4 aliphatic rings. The van der Waals surface area contributed by atoms with Crippen LogP contribution in [0, 0.1) is 47.6 Å². The quantitative estimate of drug-likeness (QED) is 0.0889. The smallest absolute Gasteiger partial charge is 0.252 e. The molecule has 19 rings (SSSR count). The molecule has 0 saturated carbocycles. The third-order valence-corrected chi connectivity index (χ3v) is 22.0. The summed E-state index contributed by atoms with van der Waals surface area (Å²) in [6, 6.07) is 96.6. The molecule has 0 aromatic heterocycles. The van der Waals surface area contributed by atoms with Crippen LogP contribution in [0.2, 0.25) is 0 Å². The van der Waals surface area contributed by atoms with E-state index in [0.29, 0.717) is 83.0 Å². The molecular weight excluding hydrogens is 1350 g/mol. The second-order valence-electron chi connectivity index (χ2n) is 26.8. The number of halogens is 7. The molecule has 0 N–H and O–H groups in total. The van der Waals surface area contributed by atoms with Crippen molar-refractivity contribution in [1.29, 1.82) is 0 Å². The molecule has 0 atom stereocenters. The maximum Gasteiger partial charge on any atom is 0.252 e. The van der Waals surface area contributed by atoms with Crippen molar-refractivity contribution in [3.8, 4) is 33.4 Å². The number of fused-ring (bicyclic) bond motifs is 8. The number of hydrogen-bond donors (Lipinski definition) is 0. The zero-order chi connectivity index (χ0) is 71.6. The molecule has 4 heterocycles. The highest BCUT2D eigenvalue weighted by molar-refractivity contribution is 8.00. The van der Waals surface area contributed by atoms with Crippen LogP contribution in [0.5, 0.6) is 0 Å². The minimum atomic E-state index is -0.920. The van der Waals surface area contributed by atoms with Crippen molar-refractivity contribution < 1.29 is 30.7 Å². The van der Waals surface area contributed by atoms with Crippen LogP contribution in [0.4, 0.5) is 116 Å². The molecule has 0 saturated heterocycles. The van der Waals surface area contributed by atoms with Crippen LogP contribution in [-0.2, 0) is 0 Å². The van der Waals surface area contributed by atoms with Crippen LogP contribution >= 0.6 is 11.8 Å². The minimum Gasteiger partial charge on any atom is -0.310 e. The second kappa shape index (κ2) is 25.6. The lowest BCUT2D eigenvalue weighted by Crippen LogP contribution is -2.65. The lowest BCUT2D eigenvalue weighted by molar-refractivity contribution is 0.585. The van der Waals surface area contributed by atoms with Crippen LogP contribution in [0.15, 0.2) is 331 Å². The topological polar surface area (TPSA) is 16.2 Å². The number of rotatable bonds is 12. The zero-order valence-electron chi connectivity index (χ0n) is 56.5. The van der Waals surface area contributed by atoms with E-state index in [1.165, 1.54) is 76.2 Å². The van der Waals surface area contributed by atoms with Gasteiger partial charge in [-0.25, -0.2) is 30.7 Å². The summed E-state index contributed by atoms with van der Waals surface area (Å²) < 4.78 is 125. The average Bonchev–Trinajstić information content (AvgIpc) is 0.680. The summed E-state index contributed by atoms with van der Waals surface area (Å²) in [5.74, 6) is -5.75. The summed E-state index contributed by atoms with van der Waals surface area (Å²) >= 11 is 1.23. The Labute approximate surface area is 612 Å². The van der Waals surface area contributed by atoms with E-state index < -0.39 is 65.5 Å². The number of hydrogen-bond acceptors (Lipinski definition) is 6. The first kappa shape index (κ1) is 64.2. The highest BCUT2D eigenvalue weighted by atomic mass is 32.2. The molecule has 506 valence electrons. The molecule has 5 nitrogen and oxygen atoms in total. The minimum absolute atomic E-state index is 0.152. The molecule has 15 aromatic rings.